The molecule has 30 heavy (non-hydrogen) atoms. The Bertz CT molecular complexity index is 1200. The van der Waals surface area contributed by atoms with Gasteiger partial charge >= 0.3 is 35.5 Å². The molecule has 3 aromatic carbocycles. The SMILES string of the molecule is O=C1OC2(c3ccccc31)c1cc(I)c(O)c(I)c1Oc1c2cc(I)c(O)c1I.[Na+]. The van der Waals surface area contributed by atoms with E-state index in [0.717, 1.165) is 0 Å². The van der Waals surface area contributed by atoms with E-state index in [1.54, 1.807) is 24.3 Å². The summed E-state index contributed by atoms with van der Waals surface area (Å²) in [7, 11) is 0. The fourth-order valence-corrected chi connectivity index (χ4v) is 7.35. The zero-order valence-corrected chi connectivity index (χ0v) is 25.7. The van der Waals surface area contributed by atoms with E-state index in [0.29, 0.717) is 48.0 Å². The summed E-state index contributed by atoms with van der Waals surface area (Å²) in [5.41, 5.74) is 1.27. The van der Waals surface area contributed by atoms with Gasteiger partial charge in [0.25, 0.3) is 0 Å². The fourth-order valence-electron chi connectivity index (χ4n) is 3.77. The zero-order valence-electron chi connectivity index (χ0n) is 15.1. The zero-order chi connectivity index (χ0) is 20.7. The summed E-state index contributed by atoms with van der Waals surface area (Å²) in [5, 5.41) is 21.0. The first-order chi connectivity index (χ1) is 13.8. The van der Waals surface area contributed by atoms with Crippen LogP contribution in [0.2, 0.25) is 0 Å². The molecule has 2 aliphatic heterocycles. The van der Waals surface area contributed by atoms with Crippen molar-refractivity contribution in [2.24, 2.45) is 0 Å². The van der Waals surface area contributed by atoms with E-state index in [9.17, 15) is 15.0 Å². The van der Waals surface area contributed by atoms with Crippen LogP contribution in [0.25, 0.3) is 0 Å². The minimum atomic E-state index is -1.22. The Kier molecular flexibility index (Phi) is 6.56. The molecule has 2 heterocycles. The molecule has 0 bridgehead atoms. The van der Waals surface area contributed by atoms with E-state index >= 15 is 0 Å². The Balaban J connectivity index is 0.00000218. The number of phenols is 2. The molecule has 0 radical (unpaired) electrons. The molecule has 0 amide bonds. The van der Waals surface area contributed by atoms with Gasteiger partial charge in [-0.25, -0.2) is 4.79 Å². The maximum absolute atomic E-state index is 12.9. The number of esters is 1. The van der Waals surface area contributed by atoms with Crippen molar-refractivity contribution < 1.29 is 54.0 Å². The van der Waals surface area contributed by atoms with Crippen molar-refractivity contribution in [3.8, 4) is 23.0 Å². The number of benzene rings is 3. The number of hydrogen-bond acceptors (Lipinski definition) is 5. The molecule has 0 unspecified atom stereocenters. The van der Waals surface area contributed by atoms with E-state index in [1.807, 2.05) is 57.3 Å². The van der Waals surface area contributed by atoms with Crippen molar-refractivity contribution in [1.29, 1.82) is 0 Å². The van der Waals surface area contributed by atoms with Gasteiger partial charge in [0.05, 0.1) is 31.0 Å². The van der Waals surface area contributed by atoms with Crippen LogP contribution in [0.15, 0.2) is 36.4 Å². The largest absolute Gasteiger partial charge is 1.00 e. The number of aromatic hydroxyl groups is 2. The van der Waals surface area contributed by atoms with Crippen LogP contribution >= 0.6 is 90.4 Å². The number of phenolic OH excluding ortho intramolecular Hbond substituents is 2. The van der Waals surface area contributed by atoms with Crippen LogP contribution in [0.1, 0.15) is 27.0 Å². The van der Waals surface area contributed by atoms with Gasteiger partial charge in [0.1, 0.15) is 11.5 Å². The van der Waals surface area contributed by atoms with Gasteiger partial charge in [-0.3, -0.25) is 0 Å². The van der Waals surface area contributed by atoms with Gasteiger partial charge in [0, 0.05) is 5.56 Å². The van der Waals surface area contributed by atoms with Gasteiger partial charge in [-0.15, -0.1) is 0 Å². The van der Waals surface area contributed by atoms with Gasteiger partial charge in [0.15, 0.2) is 17.1 Å². The molecule has 5 nitrogen and oxygen atoms in total. The van der Waals surface area contributed by atoms with Gasteiger partial charge in [0.2, 0.25) is 0 Å². The van der Waals surface area contributed by atoms with Crippen LogP contribution in [0.3, 0.4) is 0 Å². The topological polar surface area (TPSA) is 76.0 Å². The Hall–Kier alpha value is 0.450. The van der Waals surface area contributed by atoms with E-state index < -0.39 is 11.6 Å². The van der Waals surface area contributed by atoms with Crippen molar-refractivity contribution in [3.05, 3.63) is 72.9 Å². The maximum atomic E-state index is 12.9. The summed E-state index contributed by atoms with van der Waals surface area (Å²) in [5.74, 6) is 0.616. The summed E-state index contributed by atoms with van der Waals surface area (Å²) in [4.78, 5) is 12.9. The second-order valence-electron chi connectivity index (χ2n) is 6.51. The molecule has 0 aliphatic carbocycles. The van der Waals surface area contributed by atoms with Gasteiger partial charge < -0.3 is 19.7 Å². The first-order valence-electron chi connectivity index (χ1n) is 8.21. The Morgan fingerprint density at radius 3 is 1.83 bits per heavy atom. The Morgan fingerprint density at radius 2 is 1.30 bits per heavy atom. The van der Waals surface area contributed by atoms with Crippen molar-refractivity contribution in [1.82, 2.24) is 0 Å². The van der Waals surface area contributed by atoms with Crippen molar-refractivity contribution in [3.63, 3.8) is 0 Å². The number of fused-ring (bicyclic) bond motifs is 6. The summed E-state index contributed by atoms with van der Waals surface area (Å²) in [6.07, 6.45) is 0. The molecular weight excluding hydrogens is 851 g/mol. The minimum absolute atomic E-state index is 0. The molecule has 1 spiro atoms. The van der Waals surface area contributed by atoms with Gasteiger partial charge in [-0.1, -0.05) is 18.2 Å². The molecule has 10 heteroatoms. The van der Waals surface area contributed by atoms with Crippen LogP contribution in [0.4, 0.5) is 0 Å². The van der Waals surface area contributed by atoms with Crippen molar-refractivity contribution in [2.45, 2.75) is 5.60 Å². The number of ether oxygens (including phenoxy) is 2. The third kappa shape index (κ3) is 3.15. The summed E-state index contributed by atoms with van der Waals surface area (Å²) < 4.78 is 14.6. The fraction of sp³-hybridized carbons (Fsp3) is 0.0500. The molecule has 0 atom stereocenters. The first-order valence-corrected chi connectivity index (χ1v) is 12.5. The standard InChI is InChI=1S/C20H8I4O5.Na/c21-11-5-9-17(13(23)15(11)25)28-18-10(6-12(22)16(26)14(18)24)20(9)8-4-2-1-3-7(8)19(27)29-20;/h1-6,25-26H;/q;+1. The predicted octanol–water partition coefficient (Wildman–Crippen LogP) is 3.09. The Morgan fingerprint density at radius 1 is 0.800 bits per heavy atom. The van der Waals surface area contributed by atoms with Crippen molar-refractivity contribution >= 4 is 96.3 Å². The monoisotopic (exact) mass is 859 g/mol. The second-order valence-corrected chi connectivity index (χ2v) is 11.0. The van der Waals surface area contributed by atoms with Crippen LogP contribution in [0, 0.1) is 14.3 Å². The van der Waals surface area contributed by atoms with Crippen LogP contribution in [-0.2, 0) is 10.3 Å². The van der Waals surface area contributed by atoms with E-state index in [2.05, 4.69) is 45.2 Å². The summed E-state index contributed by atoms with van der Waals surface area (Å²) >= 11 is 8.17. The molecule has 0 aromatic heterocycles. The van der Waals surface area contributed by atoms with E-state index in [1.165, 1.54) is 0 Å². The number of rotatable bonds is 0. The molecule has 0 saturated carbocycles. The Labute approximate surface area is 248 Å². The average Bonchev–Trinajstić information content (AvgIpc) is 3.00. The van der Waals surface area contributed by atoms with Crippen LogP contribution in [0.5, 0.6) is 23.0 Å². The molecule has 5 rings (SSSR count). The molecule has 0 saturated heterocycles. The number of carbonyl (C=O) groups is 1. The third-order valence-electron chi connectivity index (χ3n) is 5.03. The molecule has 0 fully saturated rings. The minimum Gasteiger partial charge on any atom is -0.506 e. The molecule has 3 aromatic rings. The average molecular weight is 859 g/mol. The van der Waals surface area contributed by atoms with E-state index in [-0.39, 0.29) is 41.1 Å². The molecule has 2 aliphatic rings. The molecule has 146 valence electrons. The number of halogens is 4. The third-order valence-corrected chi connectivity index (χ3v) is 8.68. The van der Waals surface area contributed by atoms with E-state index in [4.69, 9.17) is 9.47 Å². The van der Waals surface area contributed by atoms with Gasteiger partial charge in [-0.05, 0) is 109 Å². The first kappa shape index (κ1) is 23.6. The normalized spacial score (nSPS) is 14.9. The molecular formula is C20H8I4NaO5+. The number of hydrogen-bond donors (Lipinski definition) is 2. The molecule has 2 N–H and O–H groups in total. The second kappa shape index (κ2) is 8.34. The summed E-state index contributed by atoms with van der Waals surface area (Å²) in [6.45, 7) is 0. The quantitative estimate of drug-likeness (QED) is 0.207. The smallest absolute Gasteiger partial charge is 0.506 e. The van der Waals surface area contributed by atoms with Gasteiger partial charge in [-0.2, -0.15) is 0 Å². The van der Waals surface area contributed by atoms with Crippen LogP contribution in [-0.4, -0.2) is 16.2 Å². The maximum Gasteiger partial charge on any atom is 1.00 e. The van der Waals surface area contributed by atoms with Crippen LogP contribution < -0.4 is 34.3 Å². The predicted molar refractivity (Wildman–Crippen MR) is 139 cm³/mol. The summed E-state index contributed by atoms with van der Waals surface area (Å²) in [6, 6.07) is 10.9. The van der Waals surface area contributed by atoms with Crippen molar-refractivity contribution in [2.75, 3.05) is 0 Å². The number of carbonyl (C=O) groups excluding carboxylic acids is 1.